The quantitative estimate of drug-likeness (QED) is 0.495. The average Bonchev–Trinajstić information content (AvgIpc) is 2.83. The molecule has 1 saturated carbocycles. The first kappa shape index (κ1) is 17.5. The van der Waals surface area contributed by atoms with Crippen molar-refractivity contribution in [3.63, 3.8) is 0 Å². The van der Waals surface area contributed by atoms with Crippen molar-refractivity contribution in [2.45, 2.75) is 32.1 Å². The van der Waals surface area contributed by atoms with Gasteiger partial charge in [0.2, 0.25) is 0 Å². The number of amides is 2. The van der Waals surface area contributed by atoms with Crippen LogP contribution in [-0.4, -0.2) is 32.6 Å². The van der Waals surface area contributed by atoms with Gasteiger partial charge >= 0.3 is 0 Å². The van der Waals surface area contributed by atoms with E-state index in [9.17, 15) is 24.8 Å². The molecule has 0 bridgehead atoms. The van der Waals surface area contributed by atoms with Gasteiger partial charge in [0, 0.05) is 12.6 Å². The molecule has 1 saturated heterocycles. The van der Waals surface area contributed by atoms with Crippen LogP contribution < -0.4 is 0 Å². The predicted octanol–water partition coefficient (Wildman–Crippen LogP) is 3.92. The number of nitro benzene ring substituents is 1. The number of hydrogen-bond donors (Lipinski definition) is 1. The first-order chi connectivity index (χ1) is 12.0. The maximum absolute atomic E-state index is 12.5. The molecule has 1 aliphatic heterocycles. The van der Waals surface area contributed by atoms with Crippen molar-refractivity contribution in [2.24, 2.45) is 5.92 Å². The Hall–Kier alpha value is -2.35. The summed E-state index contributed by atoms with van der Waals surface area (Å²) in [5.74, 6) is -0.229. The molecular weight excluding hydrogens is 344 g/mol. The van der Waals surface area contributed by atoms with E-state index in [0.29, 0.717) is 12.5 Å². The Morgan fingerprint density at radius 1 is 1.28 bits per heavy atom. The Bertz CT molecular complexity index is 755. The summed E-state index contributed by atoms with van der Waals surface area (Å²) in [5.41, 5.74) is -0.120. The van der Waals surface area contributed by atoms with E-state index in [1.54, 1.807) is 0 Å². The molecule has 1 aliphatic carbocycles. The van der Waals surface area contributed by atoms with E-state index in [0.717, 1.165) is 37.4 Å². The average molecular weight is 362 g/mol. The summed E-state index contributed by atoms with van der Waals surface area (Å²) in [7, 11) is 0. The van der Waals surface area contributed by atoms with Gasteiger partial charge in [-0.3, -0.25) is 24.6 Å². The highest BCUT2D eigenvalue weighted by molar-refractivity contribution is 8.18. The molecule has 0 radical (unpaired) electrons. The third-order valence-electron chi connectivity index (χ3n) is 4.53. The lowest BCUT2D eigenvalue weighted by Gasteiger charge is -2.25. The number of carbonyl (C=O) groups excluding carboxylic acids is 2. The number of benzene rings is 1. The van der Waals surface area contributed by atoms with Gasteiger partial charge in [0.1, 0.15) is 5.75 Å². The number of thioether (sulfide) groups is 1. The lowest BCUT2D eigenvalue weighted by molar-refractivity contribution is -0.385. The molecule has 132 valence electrons. The van der Waals surface area contributed by atoms with Gasteiger partial charge in [-0.05, 0) is 48.7 Å². The zero-order valence-corrected chi connectivity index (χ0v) is 14.3. The van der Waals surface area contributed by atoms with Crippen LogP contribution in [0.2, 0.25) is 0 Å². The lowest BCUT2D eigenvalue weighted by Crippen LogP contribution is -2.34. The number of hydrogen-bond acceptors (Lipinski definition) is 6. The summed E-state index contributed by atoms with van der Waals surface area (Å²) in [5, 5.41) is 20.3. The topological polar surface area (TPSA) is 101 Å². The number of rotatable bonds is 4. The van der Waals surface area contributed by atoms with Crippen LogP contribution in [0.1, 0.15) is 37.7 Å². The standard InChI is InChI=1S/C17H18N2O5S/c20-13-6-7-14(19(23)24)12(8-13)9-15-16(21)18(17(22)25-15)10-11-4-2-1-3-5-11/h6-9,11,20H,1-5,10H2/b15-9+. The minimum absolute atomic E-state index is 0.105. The van der Waals surface area contributed by atoms with Gasteiger partial charge in [-0.15, -0.1) is 0 Å². The zero-order valence-electron chi connectivity index (χ0n) is 13.5. The second-order valence-corrected chi connectivity index (χ2v) is 7.29. The van der Waals surface area contributed by atoms with Crippen LogP contribution in [0, 0.1) is 16.0 Å². The summed E-state index contributed by atoms with van der Waals surface area (Å²) in [6.45, 7) is 0.407. The van der Waals surface area contributed by atoms with Crippen LogP contribution in [0.15, 0.2) is 23.1 Å². The number of carbonyl (C=O) groups is 2. The van der Waals surface area contributed by atoms with Gasteiger partial charge in [-0.2, -0.15) is 0 Å². The maximum atomic E-state index is 12.5. The summed E-state index contributed by atoms with van der Waals surface area (Å²) >= 11 is 0.786. The Balaban J connectivity index is 1.83. The van der Waals surface area contributed by atoms with Crippen LogP contribution in [-0.2, 0) is 4.79 Å². The van der Waals surface area contributed by atoms with Gasteiger partial charge in [0.25, 0.3) is 16.8 Å². The van der Waals surface area contributed by atoms with Crippen molar-refractivity contribution >= 4 is 34.7 Å². The van der Waals surface area contributed by atoms with E-state index in [4.69, 9.17) is 0 Å². The van der Waals surface area contributed by atoms with Gasteiger partial charge in [-0.25, -0.2) is 0 Å². The van der Waals surface area contributed by atoms with Gasteiger partial charge in [-0.1, -0.05) is 19.3 Å². The van der Waals surface area contributed by atoms with Crippen LogP contribution in [0.25, 0.3) is 6.08 Å². The maximum Gasteiger partial charge on any atom is 0.293 e. The number of aromatic hydroxyl groups is 1. The molecule has 0 unspecified atom stereocenters. The molecular formula is C17H18N2O5S. The Morgan fingerprint density at radius 3 is 2.68 bits per heavy atom. The van der Waals surface area contributed by atoms with Crippen molar-refractivity contribution in [3.8, 4) is 5.75 Å². The van der Waals surface area contributed by atoms with Crippen molar-refractivity contribution < 1.29 is 19.6 Å². The lowest BCUT2D eigenvalue weighted by atomic mass is 9.89. The second kappa shape index (κ2) is 7.26. The van der Waals surface area contributed by atoms with Crippen molar-refractivity contribution in [1.29, 1.82) is 0 Å². The Morgan fingerprint density at radius 2 is 2.00 bits per heavy atom. The highest BCUT2D eigenvalue weighted by atomic mass is 32.2. The molecule has 2 fully saturated rings. The monoisotopic (exact) mass is 362 g/mol. The van der Waals surface area contributed by atoms with E-state index < -0.39 is 10.8 Å². The molecule has 0 atom stereocenters. The first-order valence-corrected chi connectivity index (χ1v) is 9.00. The highest BCUT2D eigenvalue weighted by Crippen LogP contribution is 2.36. The first-order valence-electron chi connectivity index (χ1n) is 8.18. The van der Waals surface area contributed by atoms with E-state index in [-0.39, 0.29) is 27.1 Å². The third-order valence-corrected chi connectivity index (χ3v) is 5.44. The fraction of sp³-hybridized carbons (Fsp3) is 0.412. The summed E-state index contributed by atoms with van der Waals surface area (Å²) < 4.78 is 0. The fourth-order valence-corrected chi connectivity index (χ4v) is 4.09. The van der Waals surface area contributed by atoms with E-state index in [1.807, 2.05) is 0 Å². The smallest absolute Gasteiger partial charge is 0.293 e. The number of phenolic OH excluding ortho intramolecular Hbond substituents is 1. The third kappa shape index (κ3) is 3.84. The van der Waals surface area contributed by atoms with Gasteiger partial charge < -0.3 is 5.11 Å². The molecule has 3 rings (SSSR count). The molecule has 1 aromatic rings. The molecule has 0 aromatic heterocycles. The molecule has 1 N–H and O–H groups in total. The summed E-state index contributed by atoms with van der Waals surface area (Å²) in [6.07, 6.45) is 6.76. The Labute approximate surface area is 148 Å². The van der Waals surface area contributed by atoms with Crippen LogP contribution in [0.3, 0.4) is 0 Å². The van der Waals surface area contributed by atoms with Crippen molar-refractivity contribution in [2.75, 3.05) is 6.54 Å². The molecule has 2 aliphatic rings. The molecule has 1 heterocycles. The number of nitro groups is 1. The summed E-state index contributed by atoms with van der Waals surface area (Å²) in [6, 6.07) is 3.60. The number of phenols is 1. The second-order valence-electron chi connectivity index (χ2n) is 6.30. The van der Waals surface area contributed by atoms with Crippen molar-refractivity contribution in [3.05, 3.63) is 38.8 Å². The van der Waals surface area contributed by atoms with Gasteiger partial charge in [0.15, 0.2) is 0 Å². The molecule has 7 nitrogen and oxygen atoms in total. The number of nitrogens with zero attached hydrogens (tertiary/aromatic N) is 2. The van der Waals surface area contributed by atoms with Crippen molar-refractivity contribution in [1.82, 2.24) is 4.90 Å². The van der Waals surface area contributed by atoms with Gasteiger partial charge in [0.05, 0.1) is 15.4 Å². The molecule has 8 heteroatoms. The van der Waals surface area contributed by atoms with E-state index in [1.165, 1.54) is 35.6 Å². The predicted molar refractivity (Wildman–Crippen MR) is 94.0 cm³/mol. The summed E-state index contributed by atoms with van der Waals surface area (Å²) in [4.78, 5) is 36.6. The van der Waals surface area contributed by atoms with Crippen LogP contribution >= 0.6 is 11.8 Å². The zero-order chi connectivity index (χ0) is 18.0. The molecule has 25 heavy (non-hydrogen) atoms. The normalized spacial score (nSPS) is 20.5. The Kier molecular flexibility index (Phi) is 5.08. The van der Waals surface area contributed by atoms with Crippen LogP contribution in [0.5, 0.6) is 5.75 Å². The SMILES string of the molecule is O=C1S/C(=C/c2cc(O)ccc2[N+](=O)[O-])C(=O)N1CC1CCCCC1. The number of imide groups is 1. The minimum Gasteiger partial charge on any atom is -0.508 e. The fourth-order valence-electron chi connectivity index (χ4n) is 3.25. The minimum atomic E-state index is -0.586. The molecule has 2 amide bonds. The molecule has 0 spiro atoms. The molecule has 1 aromatic carbocycles. The largest absolute Gasteiger partial charge is 0.508 e. The highest BCUT2D eigenvalue weighted by Gasteiger charge is 2.37. The van der Waals surface area contributed by atoms with E-state index in [2.05, 4.69) is 0 Å². The van der Waals surface area contributed by atoms with Crippen LogP contribution in [0.4, 0.5) is 10.5 Å². The van der Waals surface area contributed by atoms with E-state index >= 15 is 0 Å².